The second-order valence-electron chi connectivity index (χ2n) is 5.68. The van der Waals surface area contributed by atoms with Crippen molar-refractivity contribution < 1.29 is 9.90 Å². The predicted octanol–water partition coefficient (Wildman–Crippen LogP) is 2.73. The number of aromatic hydroxyl groups is 1. The molecule has 1 rings (SSSR count). The lowest BCUT2D eigenvalue weighted by Gasteiger charge is -2.11. The molecule has 1 heterocycles. The van der Waals surface area contributed by atoms with Crippen molar-refractivity contribution in [3.63, 3.8) is 0 Å². The lowest BCUT2D eigenvalue weighted by atomic mass is 10.1. The van der Waals surface area contributed by atoms with Crippen molar-refractivity contribution in [3.05, 3.63) is 28.2 Å². The van der Waals surface area contributed by atoms with Crippen LogP contribution in [0.15, 0.2) is 17.1 Å². The first-order valence-electron chi connectivity index (χ1n) is 8.22. The Balaban J connectivity index is 2.19. The largest absolute Gasteiger partial charge is 0.503 e. The number of pyridine rings is 1. The Hall–Kier alpha value is -1.78. The van der Waals surface area contributed by atoms with E-state index in [1.807, 2.05) is 4.57 Å². The third-order valence-electron chi connectivity index (χ3n) is 3.82. The van der Waals surface area contributed by atoms with E-state index < -0.39 is 0 Å². The van der Waals surface area contributed by atoms with Crippen LogP contribution >= 0.6 is 0 Å². The second kappa shape index (κ2) is 10.0. The number of aryl methyl sites for hydroxylation is 1. The first-order valence-corrected chi connectivity index (χ1v) is 8.22. The quantitative estimate of drug-likeness (QED) is 0.653. The number of unbranched alkanes of at least 4 members (excludes halogenated alkanes) is 4. The van der Waals surface area contributed by atoms with Crippen LogP contribution in [-0.2, 0) is 11.3 Å². The first-order chi connectivity index (χ1) is 10.6. The number of hydrogen-bond acceptors (Lipinski definition) is 3. The van der Waals surface area contributed by atoms with E-state index >= 15 is 0 Å². The molecular weight excluding hydrogens is 280 g/mol. The SMILES string of the molecule is CCCCCCCC(=O)NCCCn1ccc(=O)c(O)c1C. The summed E-state index contributed by atoms with van der Waals surface area (Å²) in [5.41, 5.74) is 0.208. The molecular formula is C17H28N2O3. The standard InChI is InChI=1S/C17H28N2O3/c1-3-4-5-6-7-9-16(21)18-11-8-12-19-13-10-15(20)17(22)14(19)2/h10,13,22H,3-9,11-12H2,1-2H3,(H,18,21). The molecule has 0 unspecified atom stereocenters. The molecule has 5 heteroatoms. The maximum absolute atomic E-state index is 11.7. The average Bonchev–Trinajstić information content (AvgIpc) is 2.51. The van der Waals surface area contributed by atoms with Crippen LogP contribution < -0.4 is 10.7 Å². The van der Waals surface area contributed by atoms with E-state index in [-0.39, 0.29) is 17.1 Å². The maximum atomic E-state index is 11.7. The Bertz CT molecular complexity index is 523. The number of carbonyl (C=O) groups excluding carboxylic acids is 1. The summed E-state index contributed by atoms with van der Waals surface area (Å²) >= 11 is 0. The Morgan fingerprint density at radius 2 is 1.95 bits per heavy atom. The van der Waals surface area contributed by atoms with E-state index in [9.17, 15) is 14.7 Å². The summed E-state index contributed by atoms with van der Waals surface area (Å²) in [6.07, 6.45) is 8.78. The molecule has 0 bridgehead atoms. The minimum absolute atomic E-state index is 0.107. The summed E-state index contributed by atoms with van der Waals surface area (Å²) in [6.45, 7) is 5.17. The summed E-state index contributed by atoms with van der Waals surface area (Å²) in [5, 5.41) is 12.5. The summed E-state index contributed by atoms with van der Waals surface area (Å²) in [4.78, 5) is 22.9. The van der Waals surface area contributed by atoms with Crippen LogP contribution in [0, 0.1) is 6.92 Å². The number of aromatic nitrogens is 1. The fraction of sp³-hybridized carbons (Fsp3) is 0.647. The Labute approximate surface area is 132 Å². The number of nitrogens with one attached hydrogen (secondary N) is 1. The van der Waals surface area contributed by atoms with Gasteiger partial charge < -0.3 is 15.0 Å². The van der Waals surface area contributed by atoms with Crippen molar-refractivity contribution in [3.8, 4) is 5.75 Å². The lowest BCUT2D eigenvalue weighted by molar-refractivity contribution is -0.121. The normalized spacial score (nSPS) is 10.6. The van der Waals surface area contributed by atoms with Crippen LogP contribution in [0.5, 0.6) is 5.75 Å². The van der Waals surface area contributed by atoms with Crippen LogP contribution in [0.2, 0.25) is 0 Å². The third-order valence-corrected chi connectivity index (χ3v) is 3.82. The molecule has 0 fully saturated rings. The van der Waals surface area contributed by atoms with Gasteiger partial charge in [-0.15, -0.1) is 0 Å². The first kappa shape index (κ1) is 18.3. The molecule has 0 aromatic carbocycles. The van der Waals surface area contributed by atoms with Gasteiger partial charge >= 0.3 is 0 Å². The minimum Gasteiger partial charge on any atom is -0.503 e. The van der Waals surface area contributed by atoms with Gasteiger partial charge in [-0.2, -0.15) is 0 Å². The molecule has 124 valence electrons. The molecule has 5 nitrogen and oxygen atoms in total. The van der Waals surface area contributed by atoms with Crippen molar-refractivity contribution in [2.45, 2.75) is 65.3 Å². The van der Waals surface area contributed by atoms with Crippen molar-refractivity contribution in [2.24, 2.45) is 0 Å². The molecule has 0 aliphatic carbocycles. The molecule has 0 aliphatic heterocycles. The van der Waals surface area contributed by atoms with Crippen molar-refractivity contribution >= 4 is 5.91 Å². The summed E-state index contributed by atoms with van der Waals surface area (Å²) in [5.74, 6) is -0.0883. The fourth-order valence-electron chi connectivity index (χ4n) is 2.36. The zero-order valence-electron chi connectivity index (χ0n) is 13.7. The third kappa shape index (κ3) is 6.33. The molecule has 0 spiro atoms. The average molecular weight is 308 g/mol. The van der Waals surface area contributed by atoms with Gasteiger partial charge in [-0.25, -0.2) is 0 Å². The number of carbonyl (C=O) groups is 1. The summed E-state index contributed by atoms with van der Waals surface area (Å²) < 4.78 is 1.83. The highest BCUT2D eigenvalue weighted by molar-refractivity contribution is 5.75. The van der Waals surface area contributed by atoms with Crippen LogP contribution in [0.3, 0.4) is 0 Å². The summed E-state index contributed by atoms with van der Waals surface area (Å²) in [7, 11) is 0. The summed E-state index contributed by atoms with van der Waals surface area (Å²) in [6, 6.07) is 1.36. The van der Waals surface area contributed by atoms with Gasteiger partial charge in [-0.05, 0) is 19.8 Å². The van der Waals surface area contributed by atoms with Gasteiger partial charge in [0.1, 0.15) is 0 Å². The smallest absolute Gasteiger partial charge is 0.223 e. The highest BCUT2D eigenvalue weighted by Gasteiger charge is 2.05. The van der Waals surface area contributed by atoms with Crippen molar-refractivity contribution in [1.29, 1.82) is 0 Å². The lowest BCUT2D eigenvalue weighted by Crippen LogP contribution is -2.25. The van der Waals surface area contributed by atoms with Gasteiger partial charge in [0.15, 0.2) is 5.75 Å². The second-order valence-corrected chi connectivity index (χ2v) is 5.68. The van der Waals surface area contributed by atoms with E-state index in [1.54, 1.807) is 13.1 Å². The van der Waals surface area contributed by atoms with Crippen LogP contribution in [0.1, 0.15) is 57.6 Å². The van der Waals surface area contributed by atoms with E-state index in [4.69, 9.17) is 0 Å². The molecule has 22 heavy (non-hydrogen) atoms. The van der Waals surface area contributed by atoms with Crippen molar-refractivity contribution in [2.75, 3.05) is 6.54 Å². The zero-order valence-corrected chi connectivity index (χ0v) is 13.7. The Morgan fingerprint density at radius 1 is 1.23 bits per heavy atom. The molecule has 0 saturated carbocycles. The number of rotatable bonds is 10. The van der Waals surface area contributed by atoms with Crippen LogP contribution in [0.25, 0.3) is 0 Å². The topological polar surface area (TPSA) is 71.3 Å². The Kier molecular flexibility index (Phi) is 8.33. The van der Waals surface area contributed by atoms with E-state index in [0.29, 0.717) is 25.2 Å². The molecule has 2 N–H and O–H groups in total. The molecule has 1 amide bonds. The van der Waals surface area contributed by atoms with Crippen molar-refractivity contribution in [1.82, 2.24) is 9.88 Å². The molecule has 0 atom stereocenters. The molecule has 0 aliphatic rings. The van der Waals surface area contributed by atoms with E-state index in [1.165, 1.54) is 25.3 Å². The number of amides is 1. The molecule has 0 saturated heterocycles. The van der Waals surface area contributed by atoms with Gasteiger partial charge in [0, 0.05) is 31.8 Å². The van der Waals surface area contributed by atoms with Gasteiger partial charge in [0.25, 0.3) is 0 Å². The highest BCUT2D eigenvalue weighted by Crippen LogP contribution is 2.09. The number of nitrogens with zero attached hydrogens (tertiary/aromatic N) is 1. The predicted molar refractivity (Wildman–Crippen MR) is 88.1 cm³/mol. The monoisotopic (exact) mass is 308 g/mol. The molecule has 0 radical (unpaired) electrons. The minimum atomic E-state index is -0.356. The fourth-order valence-corrected chi connectivity index (χ4v) is 2.36. The molecule has 1 aromatic heterocycles. The maximum Gasteiger partial charge on any atom is 0.223 e. The number of hydrogen-bond donors (Lipinski definition) is 2. The van der Waals surface area contributed by atoms with Crippen LogP contribution in [-0.4, -0.2) is 22.1 Å². The van der Waals surface area contributed by atoms with E-state index in [2.05, 4.69) is 12.2 Å². The van der Waals surface area contributed by atoms with Crippen LogP contribution in [0.4, 0.5) is 0 Å². The molecule has 1 aromatic rings. The Morgan fingerprint density at radius 3 is 2.68 bits per heavy atom. The zero-order chi connectivity index (χ0) is 16.4. The van der Waals surface area contributed by atoms with Gasteiger partial charge in [-0.1, -0.05) is 32.6 Å². The van der Waals surface area contributed by atoms with Gasteiger partial charge in [0.05, 0.1) is 5.69 Å². The van der Waals surface area contributed by atoms with E-state index in [0.717, 1.165) is 19.3 Å². The van der Waals surface area contributed by atoms with Gasteiger partial charge in [-0.3, -0.25) is 9.59 Å². The highest BCUT2D eigenvalue weighted by atomic mass is 16.3. The van der Waals surface area contributed by atoms with Gasteiger partial charge in [0.2, 0.25) is 11.3 Å².